The van der Waals surface area contributed by atoms with Crippen molar-refractivity contribution in [2.24, 2.45) is 11.8 Å². The van der Waals surface area contributed by atoms with Crippen LogP contribution < -0.4 is 5.32 Å². The van der Waals surface area contributed by atoms with E-state index in [9.17, 15) is 0 Å². The molecule has 0 heterocycles. The van der Waals surface area contributed by atoms with Crippen LogP contribution in [0.5, 0.6) is 0 Å². The van der Waals surface area contributed by atoms with E-state index in [1.165, 1.54) is 51.4 Å². The van der Waals surface area contributed by atoms with E-state index in [0.717, 1.165) is 31.5 Å². The van der Waals surface area contributed by atoms with E-state index in [1.54, 1.807) is 0 Å². The molecule has 1 saturated carbocycles. The van der Waals surface area contributed by atoms with Crippen LogP contribution in [0, 0.1) is 11.8 Å². The molecular formula is C18H37NO. The minimum absolute atomic E-state index is 0.133. The third-order valence-corrected chi connectivity index (χ3v) is 4.69. The molecule has 0 unspecified atom stereocenters. The highest BCUT2D eigenvalue weighted by atomic mass is 16.5. The van der Waals surface area contributed by atoms with E-state index in [4.69, 9.17) is 4.74 Å². The predicted molar refractivity (Wildman–Crippen MR) is 88.2 cm³/mol. The minimum atomic E-state index is 0.133. The zero-order valence-corrected chi connectivity index (χ0v) is 14.3. The summed E-state index contributed by atoms with van der Waals surface area (Å²) in [6, 6.07) is 0. The summed E-state index contributed by atoms with van der Waals surface area (Å²) in [4.78, 5) is 0. The molecule has 0 aromatic rings. The molecule has 1 aliphatic rings. The molecule has 0 amide bonds. The Balaban J connectivity index is 2.43. The molecule has 2 nitrogen and oxygen atoms in total. The molecule has 2 heteroatoms. The zero-order valence-electron chi connectivity index (χ0n) is 14.3. The molecule has 1 aliphatic carbocycles. The third-order valence-electron chi connectivity index (χ3n) is 4.69. The van der Waals surface area contributed by atoms with Gasteiger partial charge in [0.15, 0.2) is 0 Å². The van der Waals surface area contributed by atoms with E-state index in [2.05, 4.69) is 33.0 Å². The second kappa shape index (κ2) is 9.78. The van der Waals surface area contributed by atoms with Crippen LogP contribution in [0.2, 0.25) is 0 Å². The molecule has 120 valence electrons. The smallest absolute Gasteiger partial charge is 0.0806 e. The molecule has 1 rings (SSSR count). The van der Waals surface area contributed by atoms with Gasteiger partial charge in [-0.25, -0.2) is 0 Å². The highest BCUT2D eigenvalue weighted by molar-refractivity contribution is 4.89. The highest BCUT2D eigenvalue weighted by Gasteiger charge is 2.35. The monoisotopic (exact) mass is 283 g/mol. The summed E-state index contributed by atoms with van der Waals surface area (Å²) in [6.07, 6.45) is 10.4. The van der Waals surface area contributed by atoms with Crippen molar-refractivity contribution in [3.63, 3.8) is 0 Å². The maximum atomic E-state index is 6.39. The number of rotatable bonds is 10. The average Bonchev–Trinajstić information content (AvgIpc) is 2.42. The minimum Gasteiger partial charge on any atom is -0.374 e. The fraction of sp³-hybridized carbons (Fsp3) is 1.00. The molecule has 0 spiro atoms. The molecule has 0 aliphatic heterocycles. The summed E-state index contributed by atoms with van der Waals surface area (Å²) in [6.45, 7) is 12.2. The van der Waals surface area contributed by atoms with Gasteiger partial charge in [-0.05, 0) is 56.9 Å². The standard InChI is InChI=1S/C18H37NO/c1-5-7-17-8-11-18(12-9-17,15-19-13-6-2)20-14-10-16(3)4/h16-17,19H,5-15H2,1-4H3. The van der Waals surface area contributed by atoms with Crippen LogP contribution >= 0.6 is 0 Å². The van der Waals surface area contributed by atoms with Crippen LogP contribution in [0.4, 0.5) is 0 Å². The first-order valence-corrected chi connectivity index (χ1v) is 8.96. The second-order valence-corrected chi connectivity index (χ2v) is 7.12. The second-order valence-electron chi connectivity index (χ2n) is 7.12. The van der Waals surface area contributed by atoms with Gasteiger partial charge in [-0.2, -0.15) is 0 Å². The van der Waals surface area contributed by atoms with Crippen molar-refractivity contribution in [1.82, 2.24) is 5.32 Å². The van der Waals surface area contributed by atoms with Gasteiger partial charge in [0.05, 0.1) is 5.60 Å². The van der Waals surface area contributed by atoms with Crippen molar-refractivity contribution in [2.45, 2.75) is 84.7 Å². The summed E-state index contributed by atoms with van der Waals surface area (Å²) >= 11 is 0. The maximum absolute atomic E-state index is 6.39. The number of hydrogen-bond acceptors (Lipinski definition) is 2. The molecule has 20 heavy (non-hydrogen) atoms. The largest absolute Gasteiger partial charge is 0.374 e. The van der Waals surface area contributed by atoms with Crippen LogP contribution in [-0.2, 0) is 4.74 Å². The maximum Gasteiger partial charge on any atom is 0.0806 e. The van der Waals surface area contributed by atoms with Crippen molar-refractivity contribution in [1.29, 1.82) is 0 Å². The van der Waals surface area contributed by atoms with Gasteiger partial charge in [-0.1, -0.05) is 40.5 Å². The fourth-order valence-corrected chi connectivity index (χ4v) is 3.28. The van der Waals surface area contributed by atoms with Crippen LogP contribution in [0.1, 0.15) is 79.1 Å². The Labute approximate surface area is 127 Å². The lowest BCUT2D eigenvalue weighted by atomic mass is 9.77. The van der Waals surface area contributed by atoms with Gasteiger partial charge in [-0.15, -0.1) is 0 Å². The van der Waals surface area contributed by atoms with Gasteiger partial charge in [0.1, 0.15) is 0 Å². The van der Waals surface area contributed by atoms with E-state index < -0.39 is 0 Å². The Morgan fingerprint density at radius 1 is 1.15 bits per heavy atom. The Kier molecular flexibility index (Phi) is 8.79. The normalized spacial score (nSPS) is 27.1. The summed E-state index contributed by atoms with van der Waals surface area (Å²) < 4.78 is 6.39. The SMILES string of the molecule is CCCNCC1(OCCC(C)C)CCC(CCC)CC1. The Morgan fingerprint density at radius 2 is 1.85 bits per heavy atom. The zero-order chi connectivity index (χ0) is 14.8. The lowest BCUT2D eigenvalue weighted by Crippen LogP contribution is -2.46. The van der Waals surface area contributed by atoms with Gasteiger partial charge in [-0.3, -0.25) is 0 Å². The molecule has 1 N–H and O–H groups in total. The molecule has 1 fully saturated rings. The molecule has 0 bridgehead atoms. The summed E-state index contributed by atoms with van der Waals surface area (Å²) in [7, 11) is 0. The quantitative estimate of drug-likeness (QED) is 0.583. The molecule has 0 atom stereocenters. The van der Waals surface area contributed by atoms with Crippen LogP contribution in [0.15, 0.2) is 0 Å². The molecule has 0 aromatic carbocycles. The Hall–Kier alpha value is -0.0800. The summed E-state index contributed by atoms with van der Waals surface area (Å²) in [5.74, 6) is 1.69. The molecular weight excluding hydrogens is 246 g/mol. The average molecular weight is 284 g/mol. The molecule has 0 aromatic heterocycles. The third kappa shape index (κ3) is 6.58. The molecule has 0 radical (unpaired) electrons. The Morgan fingerprint density at radius 3 is 2.40 bits per heavy atom. The summed E-state index contributed by atoms with van der Waals surface area (Å²) in [5, 5.41) is 3.61. The van der Waals surface area contributed by atoms with Crippen molar-refractivity contribution in [3.05, 3.63) is 0 Å². The van der Waals surface area contributed by atoms with E-state index in [-0.39, 0.29) is 5.60 Å². The molecule has 0 saturated heterocycles. The lowest BCUT2D eigenvalue weighted by molar-refractivity contribution is -0.0797. The Bertz CT molecular complexity index is 232. The van der Waals surface area contributed by atoms with Gasteiger partial charge in [0.25, 0.3) is 0 Å². The fourth-order valence-electron chi connectivity index (χ4n) is 3.28. The first-order chi connectivity index (χ1) is 9.62. The van der Waals surface area contributed by atoms with Crippen LogP contribution in [-0.4, -0.2) is 25.3 Å². The topological polar surface area (TPSA) is 21.3 Å². The summed E-state index contributed by atoms with van der Waals surface area (Å²) in [5.41, 5.74) is 0.133. The highest BCUT2D eigenvalue weighted by Crippen LogP contribution is 2.36. The van der Waals surface area contributed by atoms with Crippen molar-refractivity contribution < 1.29 is 4.74 Å². The van der Waals surface area contributed by atoms with Gasteiger partial charge >= 0.3 is 0 Å². The number of hydrogen-bond donors (Lipinski definition) is 1. The lowest BCUT2D eigenvalue weighted by Gasteiger charge is -2.40. The van der Waals surface area contributed by atoms with E-state index in [0.29, 0.717) is 0 Å². The van der Waals surface area contributed by atoms with Gasteiger partial charge in [0.2, 0.25) is 0 Å². The first-order valence-electron chi connectivity index (χ1n) is 8.96. The van der Waals surface area contributed by atoms with Gasteiger partial charge in [0, 0.05) is 13.2 Å². The van der Waals surface area contributed by atoms with E-state index >= 15 is 0 Å². The van der Waals surface area contributed by atoms with E-state index in [1.807, 2.05) is 0 Å². The first kappa shape index (κ1) is 18.0. The number of ether oxygens (including phenoxy) is 1. The van der Waals surface area contributed by atoms with Crippen molar-refractivity contribution >= 4 is 0 Å². The van der Waals surface area contributed by atoms with Crippen molar-refractivity contribution in [3.8, 4) is 0 Å². The number of nitrogens with one attached hydrogen (secondary N) is 1. The van der Waals surface area contributed by atoms with Crippen LogP contribution in [0.25, 0.3) is 0 Å². The predicted octanol–water partition coefficient (Wildman–Crippen LogP) is 4.78. The van der Waals surface area contributed by atoms with Gasteiger partial charge < -0.3 is 10.1 Å². The van der Waals surface area contributed by atoms with Crippen molar-refractivity contribution in [2.75, 3.05) is 19.7 Å². The van der Waals surface area contributed by atoms with Crippen LogP contribution in [0.3, 0.4) is 0 Å².